The maximum atomic E-state index is 14.6. The molecule has 14 nitrogen and oxygen atoms in total. The number of para-hydroxylation sites is 6. The molecule has 17 heteroatoms. The number of nitrogens with one attached hydrogen (secondary N) is 1. The van der Waals surface area contributed by atoms with E-state index < -0.39 is 28.4 Å². The number of rotatable bonds is 3. The third-order valence-corrected chi connectivity index (χ3v) is 9.90. The Balaban J connectivity index is 0.000000199. The van der Waals surface area contributed by atoms with Crippen LogP contribution in [0.3, 0.4) is 0 Å². The van der Waals surface area contributed by atoms with Crippen molar-refractivity contribution in [2.24, 2.45) is 0 Å². The van der Waals surface area contributed by atoms with Gasteiger partial charge in [-0.15, -0.1) is 0 Å². The van der Waals surface area contributed by atoms with Crippen molar-refractivity contribution in [3.05, 3.63) is 135 Å². The highest BCUT2D eigenvalue weighted by atomic mass is 35.5. The van der Waals surface area contributed by atoms with Crippen molar-refractivity contribution in [3.63, 3.8) is 0 Å². The number of halogens is 3. The minimum Gasteiger partial charge on any atom is -0.444 e. The van der Waals surface area contributed by atoms with Crippen LogP contribution in [0.2, 0.25) is 5.15 Å². The predicted octanol–water partition coefficient (Wildman–Crippen LogP) is 8.22. The van der Waals surface area contributed by atoms with E-state index in [4.69, 9.17) is 21.1 Å². The maximum Gasteiger partial charge on any atom is 0.410 e. The first-order valence-corrected chi connectivity index (χ1v) is 20.9. The van der Waals surface area contributed by atoms with E-state index in [-0.39, 0.29) is 47.6 Å². The smallest absolute Gasteiger partial charge is 0.410 e. The lowest BCUT2D eigenvalue weighted by Gasteiger charge is -2.36. The van der Waals surface area contributed by atoms with Gasteiger partial charge in [-0.1, -0.05) is 67.6 Å². The predicted molar refractivity (Wildman–Crippen MR) is 247 cm³/mol. The van der Waals surface area contributed by atoms with E-state index in [1.807, 2.05) is 52.5 Å². The molecule has 64 heavy (non-hydrogen) atoms. The summed E-state index contributed by atoms with van der Waals surface area (Å²) in [5, 5.41) is 3.00. The molecule has 0 aliphatic carbocycles. The molecule has 4 aromatic carbocycles. The molecule has 2 aliphatic rings. The molecule has 0 radical (unpaired) electrons. The molecule has 0 unspecified atom stereocenters. The van der Waals surface area contributed by atoms with Gasteiger partial charge in [0.2, 0.25) is 0 Å². The van der Waals surface area contributed by atoms with Crippen LogP contribution in [0, 0.1) is 11.6 Å². The normalized spacial score (nSPS) is 14.1. The summed E-state index contributed by atoms with van der Waals surface area (Å²) in [5.41, 5.74) is 0.637. The molecule has 0 atom stereocenters. The third kappa shape index (κ3) is 12.0. The Bertz CT molecular complexity index is 2700. The Morgan fingerprint density at radius 3 is 1.47 bits per heavy atom. The lowest BCUT2D eigenvalue weighted by atomic mass is 10.2. The van der Waals surface area contributed by atoms with Crippen molar-refractivity contribution in [1.82, 2.24) is 34.2 Å². The molecule has 2 aromatic heterocycles. The number of fused-ring (bicyclic) bond motifs is 2. The van der Waals surface area contributed by atoms with E-state index in [1.165, 1.54) is 27.3 Å². The molecule has 2 saturated heterocycles. The largest absolute Gasteiger partial charge is 0.444 e. The zero-order chi connectivity index (χ0) is 45.5. The SMILES string of the molecule is C.CC(C)(C)OC(=O)N1CCN(c2nc3ccccc3n(-c3ccccc3F)c2=O)CC1.CC(C)(C)OC(=O)N1CCNCC1.O=c1c(Cl)nc2ccccc2n1-c1ccccc1F. The average molecular weight is 901 g/mol. The van der Waals surface area contributed by atoms with Crippen LogP contribution in [0.4, 0.5) is 24.2 Å². The molecule has 2 aliphatic heterocycles. The van der Waals surface area contributed by atoms with Gasteiger partial charge in [0.25, 0.3) is 11.1 Å². The molecule has 2 amide bonds. The Kier molecular flexibility index (Phi) is 15.9. The third-order valence-electron chi connectivity index (χ3n) is 9.65. The Hall–Kier alpha value is -6.39. The van der Waals surface area contributed by atoms with Crippen LogP contribution in [-0.2, 0) is 9.47 Å². The van der Waals surface area contributed by atoms with Gasteiger partial charge >= 0.3 is 12.2 Å². The van der Waals surface area contributed by atoms with E-state index >= 15 is 0 Å². The van der Waals surface area contributed by atoms with E-state index in [0.717, 1.165) is 26.2 Å². The number of benzene rings is 4. The standard InChI is InChI=1S/C23H25FN4O3.C14H8ClFN2O.C9H18N2O2.CH4/c1-23(2,3)31-22(30)27-14-12-26(13-15-27)20-21(29)28(18-10-6-4-8-16(18)24)19-11-7-5-9-17(19)25-20;15-13-14(19)18(11-7-3-1-5-9(11)16)12-8-4-2-6-10(12)17-13;1-9(2,3)13-8(12)11-6-4-10-5-7-11;/h4-11H,12-15H2,1-3H3;1-8H;10H,4-7H2,1-3H3;1H4. The Labute approximate surface area is 376 Å². The number of amides is 2. The number of carbonyl (C=O) groups is 2. The number of carbonyl (C=O) groups excluding carboxylic acids is 2. The molecule has 8 rings (SSSR count). The summed E-state index contributed by atoms with van der Waals surface area (Å²) < 4.78 is 41.7. The number of hydrogen-bond donors (Lipinski definition) is 1. The van der Waals surface area contributed by atoms with Gasteiger partial charge in [-0.25, -0.2) is 28.3 Å². The van der Waals surface area contributed by atoms with Crippen molar-refractivity contribution in [3.8, 4) is 11.4 Å². The van der Waals surface area contributed by atoms with Gasteiger partial charge in [-0.3, -0.25) is 18.7 Å². The second-order valence-electron chi connectivity index (χ2n) is 16.7. The van der Waals surface area contributed by atoms with Crippen LogP contribution < -0.4 is 21.3 Å². The molecule has 0 spiro atoms. The highest BCUT2D eigenvalue weighted by molar-refractivity contribution is 6.29. The number of aromatic nitrogens is 4. The molecule has 2 fully saturated rings. The van der Waals surface area contributed by atoms with Crippen LogP contribution in [0.15, 0.2) is 107 Å². The van der Waals surface area contributed by atoms with E-state index in [1.54, 1.807) is 82.6 Å². The Morgan fingerprint density at radius 2 is 1.00 bits per heavy atom. The summed E-state index contributed by atoms with van der Waals surface area (Å²) in [6, 6.07) is 26.4. The number of hydrogen-bond acceptors (Lipinski definition) is 10. The molecular formula is C47H55ClF2N8O6. The number of ether oxygens (including phenoxy) is 2. The highest BCUT2D eigenvalue weighted by Crippen LogP contribution is 2.23. The highest BCUT2D eigenvalue weighted by Gasteiger charge is 2.29. The molecule has 1 N–H and O–H groups in total. The van der Waals surface area contributed by atoms with E-state index in [9.17, 15) is 28.0 Å². The minimum absolute atomic E-state index is 0. The minimum atomic E-state index is -0.568. The fourth-order valence-corrected chi connectivity index (χ4v) is 6.95. The molecule has 6 aromatic rings. The number of anilines is 1. The van der Waals surface area contributed by atoms with E-state index in [0.29, 0.717) is 48.2 Å². The summed E-state index contributed by atoms with van der Waals surface area (Å²) >= 11 is 5.83. The molecule has 4 heterocycles. The van der Waals surface area contributed by atoms with Crippen molar-refractivity contribution in [2.45, 2.75) is 60.2 Å². The van der Waals surface area contributed by atoms with Gasteiger partial charge in [0, 0.05) is 52.4 Å². The topological polar surface area (TPSA) is 144 Å². The summed E-state index contributed by atoms with van der Waals surface area (Å²) in [6.07, 6.45) is -0.573. The molecule has 0 bridgehead atoms. The molecule has 0 saturated carbocycles. The van der Waals surface area contributed by atoms with Gasteiger partial charge in [0.1, 0.15) is 22.8 Å². The fourth-order valence-electron chi connectivity index (χ4n) is 6.77. The van der Waals surface area contributed by atoms with Crippen molar-refractivity contribution < 1.29 is 27.8 Å². The molecule has 340 valence electrons. The first-order valence-electron chi connectivity index (χ1n) is 20.5. The number of nitrogens with zero attached hydrogens (tertiary/aromatic N) is 7. The van der Waals surface area contributed by atoms with E-state index in [2.05, 4.69) is 15.3 Å². The first-order chi connectivity index (χ1) is 29.9. The summed E-state index contributed by atoms with van der Waals surface area (Å²) in [4.78, 5) is 63.2. The van der Waals surface area contributed by atoms with Crippen LogP contribution in [0.1, 0.15) is 49.0 Å². The lowest BCUT2D eigenvalue weighted by Crippen LogP contribution is -2.51. The van der Waals surface area contributed by atoms with Gasteiger partial charge in [0.05, 0.1) is 33.4 Å². The van der Waals surface area contributed by atoms with Crippen LogP contribution in [0.25, 0.3) is 33.4 Å². The quantitative estimate of drug-likeness (QED) is 0.185. The number of piperazine rings is 2. The fraction of sp³-hybridized carbons (Fsp3) is 0.362. The second-order valence-corrected chi connectivity index (χ2v) is 17.0. The first kappa shape index (κ1) is 48.6. The monoisotopic (exact) mass is 900 g/mol. The van der Waals surface area contributed by atoms with Crippen molar-refractivity contribution in [2.75, 3.05) is 57.3 Å². The Morgan fingerprint density at radius 1 is 0.594 bits per heavy atom. The van der Waals surface area contributed by atoms with Crippen LogP contribution in [0.5, 0.6) is 0 Å². The van der Waals surface area contributed by atoms with Gasteiger partial charge in [-0.05, 0) is 90.1 Å². The van der Waals surface area contributed by atoms with Gasteiger partial charge in [0.15, 0.2) is 11.0 Å². The average Bonchev–Trinajstić information content (AvgIpc) is 3.24. The maximum absolute atomic E-state index is 14.6. The molecular weight excluding hydrogens is 846 g/mol. The zero-order valence-electron chi connectivity index (χ0n) is 36.1. The summed E-state index contributed by atoms with van der Waals surface area (Å²) in [7, 11) is 0. The lowest BCUT2D eigenvalue weighted by molar-refractivity contribution is 0.0223. The zero-order valence-corrected chi connectivity index (χ0v) is 36.9. The van der Waals surface area contributed by atoms with Crippen molar-refractivity contribution >= 4 is 51.7 Å². The van der Waals surface area contributed by atoms with Gasteiger partial charge < -0.3 is 29.5 Å². The summed E-state index contributed by atoms with van der Waals surface area (Å²) in [5.74, 6) is -0.732. The van der Waals surface area contributed by atoms with Gasteiger partial charge in [-0.2, -0.15) is 0 Å². The second kappa shape index (κ2) is 20.9. The van der Waals surface area contributed by atoms with Crippen LogP contribution >= 0.6 is 11.6 Å². The summed E-state index contributed by atoms with van der Waals surface area (Å²) in [6.45, 7) is 16.0. The van der Waals surface area contributed by atoms with Crippen LogP contribution in [-0.4, -0.2) is 105 Å². The van der Waals surface area contributed by atoms with Crippen molar-refractivity contribution in [1.29, 1.82) is 0 Å².